The molecular formula is C22H17BrN2O4-2. The third-order valence-corrected chi connectivity index (χ3v) is 4.82. The second-order valence-corrected chi connectivity index (χ2v) is 6.98. The van der Waals surface area contributed by atoms with E-state index in [0.29, 0.717) is 15.6 Å². The first-order valence-electron chi connectivity index (χ1n) is 8.62. The fourth-order valence-electron chi connectivity index (χ4n) is 2.77. The lowest BCUT2D eigenvalue weighted by atomic mass is 10.0. The summed E-state index contributed by atoms with van der Waals surface area (Å²) >= 11 is 3.43. The lowest BCUT2D eigenvalue weighted by molar-refractivity contribution is 0.0291. The molecule has 0 aliphatic heterocycles. The normalized spacial score (nSPS) is 11.7. The fourth-order valence-corrected chi connectivity index (χ4v) is 3.35. The highest BCUT2D eigenvalue weighted by atomic mass is 79.9. The van der Waals surface area contributed by atoms with E-state index in [-0.39, 0.29) is 16.6 Å². The molecule has 29 heavy (non-hydrogen) atoms. The predicted octanol–water partition coefficient (Wildman–Crippen LogP) is 6.14. The SMILES string of the molecule is [O-]N([O-])c1cc(N(O)O)c(C=Cc2ccccc2)cc1C(Br)=Cc1ccccc1. The Labute approximate surface area is 176 Å². The van der Waals surface area contributed by atoms with E-state index in [1.165, 1.54) is 6.07 Å². The summed E-state index contributed by atoms with van der Waals surface area (Å²) in [5.41, 5.74) is 2.12. The standard InChI is InChI=1S/C22H17BrN2O4/c23-20(13-17-9-5-2-6-10-17)19-14-18(12-11-16-7-3-1-4-8-16)21(24(26)27)15-22(19)25(28)29/h1-15,26-27H/q-2. The first-order chi connectivity index (χ1) is 14.0. The number of hydrogen-bond acceptors (Lipinski definition) is 6. The summed E-state index contributed by atoms with van der Waals surface area (Å²) in [6, 6.07) is 21.5. The number of halogens is 1. The topological polar surface area (TPSA) is 93.1 Å². The third kappa shape index (κ3) is 5.32. The van der Waals surface area contributed by atoms with Crippen LogP contribution in [0.4, 0.5) is 11.4 Å². The molecule has 0 heterocycles. The smallest absolute Gasteiger partial charge is 0.104 e. The Balaban J connectivity index is 2.11. The molecule has 0 aromatic heterocycles. The average molecular weight is 453 g/mol. The van der Waals surface area contributed by atoms with Crippen molar-refractivity contribution in [3.8, 4) is 0 Å². The summed E-state index contributed by atoms with van der Waals surface area (Å²) in [5.74, 6) is 0. The summed E-state index contributed by atoms with van der Waals surface area (Å²) in [5, 5.41) is 41.7. The second-order valence-electron chi connectivity index (χ2n) is 6.12. The van der Waals surface area contributed by atoms with Gasteiger partial charge in [-0.25, -0.2) is 0 Å². The number of hydrogen-bond donors (Lipinski definition) is 2. The molecule has 0 aliphatic carbocycles. The van der Waals surface area contributed by atoms with Crippen LogP contribution in [-0.2, 0) is 0 Å². The number of rotatable bonds is 6. The van der Waals surface area contributed by atoms with Gasteiger partial charge in [0.2, 0.25) is 0 Å². The van der Waals surface area contributed by atoms with Crippen molar-refractivity contribution in [3.05, 3.63) is 105 Å². The molecule has 0 saturated heterocycles. The quantitative estimate of drug-likeness (QED) is 0.344. The lowest BCUT2D eigenvalue weighted by Gasteiger charge is -2.39. The van der Waals surface area contributed by atoms with E-state index in [1.807, 2.05) is 60.7 Å². The molecule has 0 spiro atoms. The van der Waals surface area contributed by atoms with Crippen molar-refractivity contribution in [3.63, 3.8) is 0 Å². The zero-order valence-corrected chi connectivity index (χ0v) is 16.7. The molecule has 0 aliphatic rings. The molecule has 0 saturated carbocycles. The van der Waals surface area contributed by atoms with Crippen LogP contribution in [0.15, 0.2) is 72.8 Å². The van der Waals surface area contributed by atoms with Crippen molar-refractivity contribution in [2.75, 3.05) is 10.5 Å². The molecule has 3 aromatic rings. The lowest BCUT2D eigenvalue weighted by Crippen LogP contribution is -2.15. The van der Waals surface area contributed by atoms with Gasteiger partial charge in [0.05, 0.1) is 0 Å². The van der Waals surface area contributed by atoms with Crippen LogP contribution >= 0.6 is 15.9 Å². The molecular weight excluding hydrogens is 436 g/mol. The van der Waals surface area contributed by atoms with Gasteiger partial charge in [0.1, 0.15) is 5.69 Å². The van der Waals surface area contributed by atoms with Crippen molar-refractivity contribution in [1.29, 1.82) is 0 Å². The van der Waals surface area contributed by atoms with Crippen molar-refractivity contribution in [2.45, 2.75) is 0 Å². The monoisotopic (exact) mass is 452 g/mol. The van der Waals surface area contributed by atoms with Crippen LogP contribution in [0.2, 0.25) is 0 Å². The maximum atomic E-state index is 11.6. The maximum absolute atomic E-state index is 11.6. The van der Waals surface area contributed by atoms with Gasteiger partial charge in [-0.3, -0.25) is 10.4 Å². The molecule has 2 N–H and O–H groups in total. The number of nitrogens with zero attached hydrogens (tertiary/aromatic N) is 2. The molecule has 0 bridgehead atoms. The van der Waals surface area contributed by atoms with Crippen LogP contribution in [0.5, 0.6) is 0 Å². The van der Waals surface area contributed by atoms with E-state index in [9.17, 15) is 20.8 Å². The van der Waals surface area contributed by atoms with Gasteiger partial charge in [-0.1, -0.05) is 88.7 Å². The number of anilines is 2. The Morgan fingerprint density at radius 2 is 1.38 bits per heavy atom. The largest absolute Gasteiger partial charge is 0.769 e. The zero-order valence-electron chi connectivity index (χ0n) is 15.1. The summed E-state index contributed by atoms with van der Waals surface area (Å²) in [6.45, 7) is 0. The van der Waals surface area contributed by atoms with E-state index in [1.54, 1.807) is 18.2 Å². The number of benzene rings is 3. The molecule has 3 rings (SSSR count). The summed E-state index contributed by atoms with van der Waals surface area (Å²) in [6.07, 6.45) is 5.22. The molecule has 7 heteroatoms. The van der Waals surface area contributed by atoms with E-state index in [4.69, 9.17) is 0 Å². The molecule has 148 valence electrons. The van der Waals surface area contributed by atoms with Crippen LogP contribution in [0.25, 0.3) is 22.7 Å². The fraction of sp³-hybridized carbons (Fsp3) is 0. The Morgan fingerprint density at radius 1 is 0.793 bits per heavy atom. The molecule has 0 fully saturated rings. The summed E-state index contributed by atoms with van der Waals surface area (Å²) in [4.78, 5) is 0. The molecule has 0 amide bonds. The maximum Gasteiger partial charge on any atom is 0.104 e. The first kappa shape index (κ1) is 20.8. The van der Waals surface area contributed by atoms with Crippen molar-refractivity contribution in [2.24, 2.45) is 0 Å². The minimum atomic E-state index is -0.562. The van der Waals surface area contributed by atoms with Gasteiger partial charge < -0.3 is 15.6 Å². The van der Waals surface area contributed by atoms with Crippen LogP contribution in [0.1, 0.15) is 22.3 Å². The van der Waals surface area contributed by atoms with Crippen LogP contribution in [0, 0.1) is 10.4 Å². The highest BCUT2D eigenvalue weighted by Gasteiger charge is 2.13. The van der Waals surface area contributed by atoms with Gasteiger partial charge in [-0.15, -0.1) is 5.23 Å². The van der Waals surface area contributed by atoms with E-state index < -0.39 is 5.23 Å². The van der Waals surface area contributed by atoms with Crippen LogP contribution in [0.3, 0.4) is 0 Å². The van der Waals surface area contributed by atoms with E-state index >= 15 is 0 Å². The Hall–Kier alpha value is -2.94. The Morgan fingerprint density at radius 3 is 1.93 bits per heavy atom. The van der Waals surface area contributed by atoms with Gasteiger partial charge in [-0.2, -0.15) is 0 Å². The second kappa shape index (κ2) is 9.51. The molecule has 0 atom stereocenters. The van der Waals surface area contributed by atoms with Gasteiger partial charge in [0.15, 0.2) is 0 Å². The predicted molar refractivity (Wildman–Crippen MR) is 120 cm³/mol. The van der Waals surface area contributed by atoms with E-state index in [0.717, 1.165) is 17.2 Å². The molecule has 0 radical (unpaired) electrons. The van der Waals surface area contributed by atoms with Gasteiger partial charge in [0.25, 0.3) is 0 Å². The Kier molecular flexibility index (Phi) is 6.82. The van der Waals surface area contributed by atoms with Crippen LogP contribution < -0.4 is 10.5 Å². The van der Waals surface area contributed by atoms with E-state index in [2.05, 4.69) is 15.9 Å². The highest BCUT2D eigenvalue weighted by Crippen LogP contribution is 2.37. The average Bonchev–Trinajstić information content (AvgIpc) is 2.72. The highest BCUT2D eigenvalue weighted by molar-refractivity contribution is 9.15. The third-order valence-electron chi connectivity index (χ3n) is 4.16. The summed E-state index contributed by atoms with van der Waals surface area (Å²) < 4.78 is 0.499. The zero-order chi connectivity index (χ0) is 20.8. The molecule has 6 nitrogen and oxygen atoms in total. The van der Waals surface area contributed by atoms with Crippen molar-refractivity contribution in [1.82, 2.24) is 0 Å². The van der Waals surface area contributed by atoms with Crippen molar-refractivity contribution >= 4 is 50.0 Å². The minimum Gasteiger partial charge on any atom is -0.769 e. The van der Waals surface area contributed by atoms with Gasteiger partial charge in [-0.05, 0) is 29.3 Å². The minimum absolute atomic E-state index is 0.104. The summed E-state index contributed by atoms with van der Waals surface area (Å²) in [7, 11) is 0. The van der Waals surface area contributed by atoms with Crippen molar-refractivity contribution < 1.29 is 10.4 Å². The van der Waals surface area contributed by atoms with Crippen LogP contribution in [-0.4, -0.2) is 10.4 Å². The Bertz CT molecular complexity index is 1020. The van der Waals surface area contributed by atoms with Gasteiger partial charge >= 0.3 is 0 Å². The molecule has 0 unspecified atom stereocenters. The van der Waals surface area contributed by atoms with Gasteiger partial charge in [0, 0.05) is 21.3 Å². The first-order valence-corrected chi connectivity index (χ1v) is 9.41. The molecule has 3 aromatic carbocycles.